The molecule has 0 aromatic carbocycles. The second kappa shape index (κ2) is 38.9. The molecule has 5 atom stereocenters. The summed E-state index contributed by atoms with van der Waals surface area (Å²) in [5.74, 6) is -1.33. The lowest BCUT2D eigenvalue weighted by atomic mass is 10.1. The Morgan fingerprint density at radius 3 is 1.66 bits per heavy atom. The summed E-state index contributed by atoms with van der Waals surface area (Å²) in [7, 11) is -9.78. The SMILES string of the molecule is CCCCC/C=C\C/C=C\C/C=C\CCCCC(=O)O[C@H](COC(=O)CCC[C@H](O)\C=C/C=C/C=C/[C@H](O)C/C=C\CCCCC)COP(=O)(O)OC[C@@H](O)COP(=O)(O)O. The summed E-state index contributed by atoms with van der Waals surface area (Å²) in [6.45, 7) is 1.32. The number of hydrogen-bond acceptors (Lipinski definition) is 12. The first kappa shape index (κ1) is 58.2. The maximum Gasteiger partial charge on any atom is 0.472 e. The number of aliphatic hydroxyl groups excluding tert-OH is 3. The summed E-state index contributed by atoms with van der Waals surface area (Å²) in [6.07, 6.45) is 36.4. The van der Waals surface area contributed by atoms with Gasteiger partial charge in [0.15, 0.2) is 6.10 Å². The molecule has 350 valence electrons. The number of allylic oxidation sites excluding steroid dienone is 11. The van der Waals surface area contributed by atoms with Crippen molar-refractivity contribution in [3.8, 4) is 0 Å². The van der Waals surface area contributed by atoms with Crippen LogP contribution in [0.2, 0.25) is 0 Å². The highest BCUT2D eigenvalue weighted by molar-refractivity contribution is 7.47. The molecule has 61 heavy (non-hydrogen) atoms. The van der Waals surface area contributed by atoms with Crippen molar-refractivity contribution < 1.29 is 71.8 Å². The minimum Gasteiger partial charge on any atom is -0.462 e. The molecule has 1 unspecified atom stereocenters. The van der Waals surface area contributed by atoms with Crippen LogP contribution in [0.3, 0.4) is 0 Å². The van der Waals surface area contributed by atoms with Gasteiger partial charge in [-0.05, 0) is 77.0 Å². The summed E-state index contributed by atoms with van der Waals surface area (Å²) >= 11 is 0. The molecule has 0 aromatic heterocycles. The Hall–Kier alpha value is -2.78. The molecule has 0 spiro atoms. The van der Waals surface area contributed by atoms with Crippen LogP contribution in [0.1, 0.15) is 129 Å². The smallest absolute Gasteiger partial charge is 0.462 e. The molecule has 0 aliphatic carbocycles. The van der Waals surface area contributed by atoms with Crippen molar-refractivity contribution in [3.63, 3.8) is 0 Å². The van der Waals surface area contributed by atoms with Gasteiger partial charge in [-0.25, -0.2) is 9.13 Å². The Labute approximate surface area is 363 Å². The first-order chi connectivity index (χ1) is 29.2. The van der Waals surface area contributed by atoms with Crippen molar-refractivity contribution in [2.75, 3.05) is 26.4 Å². The highest BCUT2D eigenvalue weighted by atomic mass is 31.2. The zero-order valence-electron chi connectivity index (χ0n) is 36.2. The Morgan fingerprint density at radius 2 is 1.07 bits per heavy atom. The van der Waals surface area contributed by atoms with Gasteiger partial charge in [0.2, 0.25) is 0 Å². The normalized spacial score (nSPS) is 15.9. The summed E-state index contributed by atoms with van der Waals surface area (Å²) in [5, 5.41) is 30.0. The molecule has 0 amide bonds. The second-order valence-corrected chi connectivity index (χ2v) is 17.0. The lowest BCUT2D eigenvalue weighted by Crippen LogP contribution is -2.30. The number of ether oxygens (including phenoxy) is 2. The van der Waals surface area contributed by atoms with Crippen LogP contribution < -0.4 is 0 Å². The molecule has 15 nitrogen and oxygen atoms in total. The largest absolute Gasteiger partial charge is 0.472 e. The van der Waals surface area contributed by atoms with E-state index in [9.17, 15) is 38.9 Å². The highest BCUT2D eigenvalue weighted by Gasteiger charge is 2.28. The number of hydrogen-bond donors (Lipinski definition) is 6. The molecule has 17 heteroatoms. The van der Waals surface area contributed by atoms with Crippen molar-refractivity contribution in [3.05, 3.63) is 85.1 Å². The third-order valence-corrected chi connectivity index (χ3v) is 9.87. The number of unbranched alkanes of at least 4 members (excludes halogenated alkanes) is 8. The summed E-state index contributed by atoms with van der Waals surface area (Å²) in [6, 6.07) is 0. The number of phosphoric ester groups is 2. The van der Waals surface area contributed by atoms with Crippen LogP contribution in [0.5, 0.6) is 0 Å². The molecule has 0 bridgehead atoms. The molecular formula is C44H74O15P2. The molecule has 0 aliphatic rings. The lowest BCUT2D eigenvalue weighted by Gasteiger charge is -2.20. The second-order valence-electron chi connectivity index (χ2n) is 14.3. The van der Waals surface area contributed by atoms with Crippen LogP contribution in [-0.2, 0) is 41.8 Å². The molecule has 0 rings (SSSR count). The lowest BCUT2D eigenvalue weighted by molar-refractivity contribution is -0.161. The van der Waals surface area contributed by atoms with Crippen LogP contribution in [0.4, 0.5) is 0 Å². The summed E-state index contributed by atoms with van der Waals surface area (Å²) in [5.41, 5.74) is 0. The molecule has 0 fully saturated rings. The van der Waals surface area contributed by atoms with E-state index < -0.39 is 78.4 Å². The van der Waals surface area contributed by atoms with Gasteiger partial charge < -0.3 is 39.5 Å². The zero-order chi connectivity index (χ0) is 45.5. The van der Waals surface area contributed by atoms with Crippen LogP contribution in [0.15, 0.2) is 85.1 Å². The van der Waals surface area contributed by atoms with Gasteiger partial charge in [-0.1, -0.05) is 125 Å². The van der Waals surface area contributed by atoms with Gasteiger partial charge in [-0.15, -0.1) is 0 Å². The van der Waals surface area contributed by atoms with E-state index >= 15 is 0 Å². The molecule has 0 aromatic rings. The third-order valence-electron chi connectivity index (χ3n) is 8.44. The van der Waals surface area contributed by atoms with E-state index in [0.717, 1.165) is 38.5 Å². The minimum atomic E-state index is -4.90. The van der Waals surface area contributed by atoms with Crippen LogP contribution in [0.25, 0.3) is 0 Å². The minimum absolute atomic E-state index is 0.0253. The zero-order valence-corrected chi connectivity index (χ0v) is 38.0. The average Bonchev–Trinajstić information content (AvgIpc) is 3.21. The van der Waals surface area contributed by atoms with E-state index in [1.807, 2.05) is 12.2 Å². The maximum absolute atomic E-state index is 12.6. The molecule has 6 N–H and O–H groups in total. The molecule has 0 saturated carbocycles. The first-order valence-corrected chi connectivity index (χ1v) is 24.5. The number of aliphatic hydroxyl groups is 3. The maximum atomic E-state index is 12.6. The molecule has 0 saturated heterocycles. The third kappa shape index (κ3) is 42.3. The summed E-state index contributed by atoms with van der Waals surface area (Å²) in [4.78, 5) is 52.7. The number of carbonyl (C=O) groups excluding carboxylic acids is 2. The van der Waals surface area contributed by atoms with Gasteiger partial charge >= 0.3 is 27.6 Å². The van der Waals surface area contributed by atoms with Gasteiger partial charge in [0.1, 0.15) is 12.7 Å². The van der Waals surface area contributed by atoms with Crippen LogP contribution in [0, 0.1) is 0 Å². The fourth-order valence-electron chi connectivity index (χ4n) is 5.08. The number of rotatable bonds is 39. The Balaban J connectivity index is 4.86. The molecule has 0 heterocycles. The molecule has 0 radical (unpaired) electrons. The van der Waals surface area contributed by atoms with Crippen molar-refractivity contribution >= 4 is 27.6 Å². The van der Waals surface area contributed by atoms with Gasteiger partial charge in [-0.3, -0.25) is 23.2 Å². The number of carbonyl (C=O) groups is 2. The predicted octanol–water partition coefficient (Wildman–Crippen LogP) is 8.72. The number of phosphoric acid groups is 2. The van der Waals surface area contributed by atoms with E-state index in [2.05, 4.69) is 59.4 Å². The van der Waals surface area contributed by atoms with Gasteiger partial charge in [0.05, 0.1) is 32.0 Å². The van der Waals surface area contributed by atoms with Crippen molar-refractivity contribution in [1.82, 2.24) is 0 Å². The van der Waals surface area contributed by atoms with Crippen molar-refractivity contribution in [2.45, 2.75) is 154 Å². The monoisotopic (exact) mass is 904 g/mol. The standard InChI is InChI=1S/C44H74O15P2/c1-3-5-7-9-11-12-13-14-15-16-17-18-19-21-27-33-44(49)59-42(38-58-61(53,54)57-36-41(47)35-56-60(50,51)52)37-55-43(48)34-28-32-40(46)31-26-23-22-25-30-39(45)29-24-20-10-8-6-4-2/h11-12,14-15,17-18,20,22-26,30-31,39-42,45-47H,3-10,13,16,19,21,27-29,32-38H2,1-2H3,(H,53,54)(H2,50,51,52)/b12-11-,15-14-,18-17-,23-22+,24-20-,30-25+,31-26-/t39-,40-,41+,42-/m1/s1. The Bertz CT molecular complexity index is 1430. The quantitative estimate of drug-likeness (QED) is 0.0111. The summed E-state index contributed by atoms with van der Waals surface area (Å²) < 4.78 is 47.5. The van der Waals surface area contributed by atoms with Crippen LogP contribution in [-0.4, -0.2) is 92.8 Å². The van der Waals surface area contributed by atoms with Gasteiger partial charge in [-0.2, -0.15) is 0 Å². The highest BCUT2D eigenvalue weighted by Crippen LogP contribution is 2.43. The fraction of sp³-hybridized carbons (Fsp3) is 0.636. The van der Waals surface area contributed by atoms with Crippen molar-refractivity contribution in [1.29, 1.82) is 0 Å². The first-order valence-electron chi connectivity index (χ1n) is 21.5. The topological polar surface area (TPSA) is 236 Å². The van der Waals surface area contributed by atoms with Crippen LogP contribution >= 0.6 is 15.6 Å². The van der Waals surface area contributed by atoms with Gasteiger partial charge in [0.25, 0.3) is 0 Å². The van der Waals surface area contributed by atoms with E-state index in [0.29, 0.717) is 19.3 Å². The van der Waals surface area contributed by atoms with E-state index in [1.165, 1.54) is 32.1 Å². The average molecular weight is 905 g/mol. The molecular weight excluding hydrogens is 830 g/mol. The molecule has 0 aliphatic heterocycles. The Kier molecular flexibility index (Phi) is 37.1. The fourth-order valence-corrected chi connectivity index (χ4v) is 6.23. The van der Waals surface area contributed by atoms with E-state index in [1.54, 1.807) is 36.5 Å². The predicted molar refractivity (Wildman–Crippen MR) is 237 cm³/mol. The Morgan fingerprint density at radius 1 is 0.557 bits per heavy atom. The van der Waals surface area contributed by atoms with E-state index in [4.69, 9.17) is 23.8 Å². The van der Waals surface area contributed by atoms with E-state index in [-0.39, 0.29) is 25.7 Å². The van der Waals surface area contributed by atoms with Crippen molar-refractivity contribution in [2.24, 2.45) is 0 Å². The van der Waals surface area contributed by atoms with Gasteiger partial charge in [0, 0.05) is 12.8 Å². The number of esters is 2.